The third-order valence-corrected chi connectivity index (χ3v) is 6.14. The number of rotatable bonds is 5. The zero-order valence-corrected chi connectivity index (χ0v) is 18.7. The molecule has 4 aromatic rings. The lowest BCUT2D eigenvalue weighted by Crippen LogP contribution is -2.32. The molecule has 9 heteroatoms. The molecule has 0 aliphatic carbocycles. The van der Waals surface area contributed by atoms with Gasteiger partial charge in [-0.15, -0.1) is 0 Å². The molecule has 5 rings (SSSR count). The summed E-state index contributed by atoms with van der Waals surface area (Å²) in [5, 5.41) is 13.0. The number of anilines is 1. The maximum Gasteiger partial charge on any atom is 0.330 e. The minimum absolute atomic E-state index is 0.291. The SMILES string of the molecule is N#Cc1ccccc1Cn1c(N2CCCNCC2)nc2c1c(=O)[nH]c(=O)n2Cc1ccccc1. The van der Waals surface area contributed by atoms with E-state index in [2.05, 4.69) is 21.3 Å². The third-order valence-electron chi connectivity index (χ3n) is 6.14. The van der Waals surface area contributed by atoms with Crippen molar-refractivity contribution in [2.45, 2.75) is 19.5 Å². The van der Waals surface area contributed by atoms with Crippen molar-refractivity contribution >= 4 is 17.1 Å². The van der Waals surface area contributed by atoms with Gasteiger partial charge in [-0.3, -0.25) is 18.9 Å². The van der Waals surface area contributed by atoms with Crippen LogP contribution >= 0.6 is 0 Å². The van der Waals surface area contributed by atoms with E-state index in [1.54, 1.807) is 6.07 Å². The zero-order chi connectivity index (χ0) is 23.5. The van der Waals surface area contributed by atoms with Crippen LogP contribution in [-0.2, 0) is 13.1 Å². The molecule has 2 aromatic heterocycles. The van der Waals surface area contributed by atoms with Crippen LogP contribution < -0.4 is 21.5 Å². The highest BCUT2D eigenvalue weighted by Gasteiger charge is 2.24. The van der Waals surface area contributed by atoms with Crippen LogP contribution in [0.1, 0.15) is 23.1 Å². The number of nitrogens with zero attached hydrogens (tertiary/aromatic N) is 5. The summed E-state index contributed by atoms with van der Waals surface area (Å²) in [6.45, 7) is 3.80. The van der Waals surface area contributed by atoms with Crippen LogP contribution in [0.2, 0.25) is 0 Å². The lowest BCUT2D eigenvalue weighted by Gasteiger charge is -2.22. The van der Waals surface area contributed by atoms with Gasteiger partial charge in [-0.25, -0.2) is 4.79 Å². The Bertz CT molecular complexity index is 1470. The molecule has 0 bridgehead atoms. The molecule has 0 spiro atoms. The maximum atomic E-state index is 13.1. The minimum Gasteiger partial charge on any atom is -0.341 e. The van der Waals surface area contributed by atoms with Gasteiger partial charge in [0.25, 0.3) is 5.56 Å². The number of imidazole rings is 1. The summed E-state index contributed by atoms with van der Waals surface area (Å²) < 4.78 is 3.36. The van der Waals surface area contributed by atoms with Crippen molar-refractivity contribution in [3.63, 3.8) is 0 Å². The monoisotopic (exact) mass is 455 g/mol. The van der Waals surface area contributed by atoms with E-state index in [1.807, 2.05) is 53.1 Å². The summed E-state index contributed by atoms with van der Waals surface area (Å²) in [4.78, 5) is 35.5. The number of hydrogen-bond acceptors (Lipinski definition) is 6. The van der Waals surface area contributed by atoms with Crippen LogP contribution in [0.15, 0.2) is 64.2 Å². The molecule has 34 heavy (non-hydrogen) atoms. The molecule has 0 amide bonds. The standard InChI is InChI=1S/C25H25N7O2/c26-15-19-9-4-5-10-20(19)17-31-21-22(28-24(31)30-13-6-11-27-12-14-30)32(25(34)29-23(21)33)16-18-7-2-1-3-8-18/h1-5,7-10,27H,6,11-14,16-17H2,(H,29,33,34). The number of benzene rings is 2. The molecule has 1 fully saturated rings. The van der Waals surface area contributed by atoms with Crippen molar-refractivity contribution < 1.29 is 0 Å². The molecule has 0 atom stereocenters. The van der Waals surface area contributed by atoms with Crippen LogP contribution in [0.5, 0.6) is 0 Å². The molecular formula is C25H25N7O2. The number of nitriles is 1. The molecule has 2 aromatic carbocycles. The Morgan fingerprint density at radius 1 is 0.941 bits per heavy atom. The Labute approximate surface area is 195 Å². The van der Waals surface area contributed by atoms with Gasteiger partial charge in [-0.1, -0.05) is 48.5 Å². The molecule has 0 saturated carbocycles. The average molecular weight is 456 g/mol. The second-order valence-corrected chi connectivity index (χ2v) is 8.36. The molecule has 1 aliphatic rings. The Kier molecular flexibility index (Phi) is 5.97. The Morgan fingerprint density at radius 3 is 2.56 bits per heavy atom. The molecule has 1 saturated heterocycles. The Morgan fingerprint density at radius 2 is 1.74 bits per heavy atom. The summed E-state index contributed by atoms with van der Waals surface area (Å²) in [7, 11) is 0. The second kappa shape index (κ2) is 9.37. The summed E-state index contributed by atoms with van der Waals surface area (Å²) in [6, 6.07) is 19.2. The number of hydrogen-bond donors (Lipinski definition) is 2. The van der Waals surface area contributed by atoms with Crippen LogP contribution in [0.25, 0.3) is 11.2 Å². The fourth-order valence-electron chi connectivity index (χ4n) is 4.45. The highest BCUT2D eigenvalue weighted by Crippen LogP contribution is 2.23. The zero-order valence-electron chi connectivity index (χ0n) is 18.7. The van der Waals surface area contributed by atoms with Crippen molar-refractivity contribution in [2.24, 2.45) is 0 Å². The molecule has 2 N–H and O–H groups in total. The van der Waals surface area contributed by atoms with Gasteiger partial charge < -0.3 is 10.2 Å². The average Bonchev–Trinajstić information content (AvgIpc) is 3.03. The van der Waals surface area contributed by atoms with Crippen molar-refractivity contribution in [1.29, 1.82) is 5.26 Å². The number of H-pyrrole nitrogens is 1. The summed E-state index contributed by atoms with van der Waals surface area (Å²) in [6.07, 6.45) is 0.936. The first-order chi connectivity index (χ1) is 16.7. The largest absolute Gasteiger partial charge is 0.341 e. The van der Waals surface area contributed by atoms with Gasteiger partial charge in [0.2, 0.25) is 5.95 Å². The van der Waals surface area contributed by atoms with Crippen LogP contribution in [0.3, 0.4) is 0 Å². The van der Waals surface area contributed by atoms with Crippen molar-refractivity contribution in [3.05, 3.63) is 92.1 Å². The highest BCUT2D eigenvalue weighted by atomic mass is 16.2. The molecule has 0 unspecified atom stereocenters. The van der Waals surface area contributed by atoms with E-state index >= 15 is 0 Å². The minimum atomic E-state index is -0.493. The smallest absolute Gasteiger partial charge is 0.330 e. The van der Waals surface area contributed by atoms with Crippen LogP contribution in [0.4, 0.5) is 5.95 Å². The van der Waals surface area contributed by atoms with E-state index in [0.717, 1.165) is 43.7 Å². The van der Waals surface area contributed by atoms with Crippen molar-refractivity contribution in [1.82, 2.24) is 24.4 Å². The van der Waals surface area contributed by atoms with Crippen molar-refractivity contribution in [3.8, 4) is 6.07 Å². The fourth-order valence-corrected chi connectivity index (χ4v) is 4.45. The molecule has 9 nitrogen and oxygen atoms in total. The summed E-state index contributed by atoms with van der Waals surface area (Å²) >= 11 is 0. The van der Waals surface area contributed by atoms with Gasteiger partial charge in [0, 0.05) is 19.6 Å². The van der Waals surface area contributed by atoms with Crippen LogP contribution in [0, 0.1) is 11.3 Å². The Balaban J connectivity index is 1.73. The van der Waals surface area contributed by atoms with E-state index in [-0.39, 0.29) is 0 Å². The van der Waals surface area contributed by atoms with E-state index in [1.165, 1.54) is 4.57 Å². The van der Waals surface area contributed by atoms with E-state index < -0.39 is 11.2 Å². The first kappa shape index (κ1) is 21.7. The third kappa shape index (κ3) is 4.11. The van der Waals surface area contributed by atoms with Crippen molar-refractivity contribution in [2.75, 3.05) is 31.1 Å². The van der Waals surface area contributed by atoms with E-state index in [4.69, 9.17) is 4.98 Å². The van der Waals surface area contributed by atoms with Crippen LogP contribution in [-0.4, -0.2) is 45.3 Å². The van der Waals surface area contributed by atoms with E-state index in [0.29, 0.717) is 35.8 Å². The van der Waals surface area contributed by atoms with Gasteiger partial charge in [0.15, 0.2) is 11.2 Å². The molecule has 0 radical (unpaired) electrons. The predicted octanol–water partition coefficient (Wildman–Crippen LogP) is 1.65. The molecule has 172 valence electrons. The normalized spacial score (nSPS) is 14.1. The quantitative estimate of drug-likeness (QED) is 0.473. The first-order valence-corrected chi connectivity index (χ1v) is 11.4. The number of nitrogens with one attached hydrogen (secondary N) is 2. The number of aromatic amines is 1. The Hall–Kier alpha value is -4.16. The molecular weight excluding hydrogens is 430 g/mol. The second-order valence-electron chi connectivity index (χ2n) is 8.36. The predicted molar refractivity (Wildman–Crippen MR) is 130 cm³/mol. The van der Waals surface area contributed by atoms with Gasteiger partial charge in [0.05, 0.1) is 24.7 Å². The van der Waals surface area contributed by atoms with Gasteiger partial charge >= 0.3 is 5.69 Å². The lowest BCUT2D eigenvalue weighted by molar-refractivity contribution is 0.721. The summed E-state index contributed by atoms with van der Waals surface area (Å²) in [5.41, 5.74) is 1.97. The first-order valence-electron chi connectivity index (χ1n) is 11.4. The van der Waals surface area contributed by atoms with Gasteiger partial charge in [-0.2, -0.15) is 10.2 Å². The number of fused-ring (bicyclic) bond motifs is 1. The maximum absolute atomic E-state index is 13.1. The lowest BCUT2D eigenvalue weighted by atomic mass is 10.1. The van der Waals surface area contributed by atoms with Gasteiger partial charge in [0.1, 0.15) is 0 Å². The summed E-state index contributed by atoms with van der Waals surface area (Å²) in [5.74, 6) is 0.629. The highest BCUT2D eigenvalue weighted by molar-refractivity contribution is 5.75. The number of aromatic nitrogens is 4. The van der Waals surface area contributed by atoms with E-state index in [9.17, 15) is 14.9 Å². The topological polar surface area (TPSA) is 112 Å². The molecule has 3 heterocycles. The molecule has 1 aliphatic heterocycles. The fraction of sp³-hybridized carbons (Fsp3) is 0.280. The van der Waals surface area contributed by atoms with Gasteiger partial charge in [-0.05, 0) is 30.2 Å².